The molecule has 0 aliphatic heterocycles. The number of amides is 2. The molecule has 1 aromatic carbocycles. The molecule has 0 aliphatic rings. The lowest BCUT2D eigenvalue weighted by atomic mass is 9.82. The molecule has 0 fully saturated rings. The second-order valence-electron chi connectivity index (χ2n) is 13.4. The SMILES string of the molecule is COCCCc1cn(C)c2ccc(CC(CC(NC(=O)OC(C)(C)C)C(O)CNC(=O)C(C)(C)C)C(C)C)cc12. The summed E-state index contributed by atoms with van der Waals surface area (Å²) in [4.78, 5) is 25.2. The van der Waals surface area contributed by atoms with Gasteiger partial charge >= 0.3 is 6.09 Å². The van der Waals surface area contributed by atoms with Crippen molar-refractivity contribution in [2.45, 2.75) is 98.8 Å². The van der Waals surface area contributed by atoms with Gasteiger partial charge in [0.05, 0.1) is 12.1 Å². The number of hydrogen-bond donors (Lipinski definition) is 3. The Morgan fingerprint density at radius 3 is 2.35 bits per heavy atom. The van der Waals surface area contributed by atoms with E-state index in [1.54, 1.807) is 7.11 Å². The zero-order chi connectivity index (χ0) is 30.3. The van der Waals surface area contributed by atoms with Gasteiger partial charge in [0.25, 0.3) is 0 Å². The topological polar surface area (TPSA) is 102 Å². The number of rotatable bonds is 13. The fourth-order valence-electron chi connectivity index (χ4n) is 4.85. The van der Waals surface area contributed by atoms with Crippen LogP contribution in [0.15, 0.2) is 24.4 Å². The maximum absolute atomic E-state index is 12.7. The van der Waals surface area contributed by atoms with Crippen LogP contribution < -0.4 is 10.6 Å². The number of aryl methyl sites for hydroxylation is 2. The summed E-state index contributed by atoms with van der Waals surface area (Å²) in [6, 6.07) is 6.04. The van der Waals surface area contributed by atoms with Crippen molar-refractivity contribution in [2.24, 2.45) is 24.3 Å². The molecule has 8 heteroatoms. The van der Waals surface area contributed by atoms with Gasteiger partial charge in [-0.1, -0.05) is 40.7 Å². The van der Waals surface area contributed by atoms with Crippen LogP contribution >= 0.6 is 0 Å². The number of ether oxygens (including phenoxy) is 2. The lowest BCUT2D eigenvalue weighted by Gasteiger charge is -2.32. The van der Waals surface area contributed by atoms with Crippen molar-refractivity contribution in [3.8, 4) is 0 Å². The zero-order valence-corrected chi connectivity index (χ0v) is 26.4. The molecule has 3 unspecified atom stereocenters. The lowest BCUT2D eigenvalue weighted by Crippen LogP contribution is -2.51. The van der Waals surface area contributed by atoms with E-state index in [-0.39, 0.29) is 18.4 Å². The number of nitrogens with zero attached hydrogens (tertiary/aromatic N) is 1. The van der Waals surface area contributed by atoms with Gasteiger partial charge in [0.15, 0.2) is 0 Å². The molecule has 2 rings (SSSR count). The minimum absolute atomic E-state index is 0.0438. The van der Waals surface area contributed by atoms with Crippen LogP contribution in [0.25, 0.3) is 10.9 Å². The molecule has 0 bridgehead atoms. The van der Waals surface area contributed by atoms with E-state index >= 15 is 0 Å². The molecule has 8 nitrogen and oxygen atoms in total. The summed E-state index contributed by atoms with van der Waals surface area (Å²) < 4.78 is 12.9. The van der Waals surface area contributed by atoms with E-state index in [4.69, 9.17) is 9.47 Å². The number of carbonyl (C=O) groups excluding carboxylic acids is 2. The predicted molar refractivity (Wildman–Crippen MR) is 161 cm³/mol. The van der Waals surface area contributed by atoms with E-state index in [1.807, 2.05) is 41.5 Å². The van der Waals surface area contributed by atoms with Crippen LogP contribution in [0, 0.1) is 17.3 Å². The fourth-order valence-corrected chi connectivity index (χ4v) is 4.85. The second-order valence-corrected chi connectivity index (χ2v) is 13.4. The Labute approximate surface area is 241 Å². The van der Waals surface area contributed by atoms with Gasteiger partial charge in [-0.05, 0) is 81.5 Å². The predicted octanol–water partition coefficient (Wildman–Crippen LogP) is 5.38. The highest BCUT2D eigenvalue weighted by molar-refractivity contribution is 5.84. The van der Waals surface area contributed by atoms with Gasteiger partial charge in [-0.25, -0.2) is 4.79 Å². The summed E-state index contributed by atoms with van der Waals surface area (Å²) in [5, 5.41) is 18.1. The highest BCUT2D eigenvalue weighted by atomic mass is 16.6. The number of aromatic nitrogens is 1. The quantitative estimate of drug-likeness (QED) is 0.286. The van der Waals surface area contributed by atoms with Crippen LogP contribution in [0.1, 0.15) is 79.4 Å². The Kier molecular flexibility index (Phi) is 12.1. The summed E-state index contributed by atoms with van der Waals surface area (Å²) in [6.45, 7) is 16.0. The monoisotopic (exact) mass is 559 g/mol. The minimum Gasteiger partial charge on any atom is -0.444 e. The summed E-state index contributed by atoms with van der Waals surface area (Å²) >= 11 is 0. The standard InChI is InChI=1S/C32H53N3O5/c1-21(2)24(16-22-13-14-27-25(17-22)23(20-35(27)9)12-11-15-39-10)18-26(34-30(38)40-32(6,7)8)28(36)19-33-29(37)31(3,4)5/h13-14,17,20-21,24,26,28,36H,11-12,15-16,18-19H2,1-10H3,(H,33,37)(H,34,38). The number of alkyl carbamates (subject to hydrolysis) is 1. The van der Waals surface area contributed by atoms with Crippen molar-refractivity contribution < 1.29 is 24.2 Å². The van der Waals surface area contributed by atoms with Crippen LogP contribution in [-0.2, 0) is 34.2 Å². The Morgan fingerprint density at radius 1 is 1.10 bits per heavy atom. The van der Waals surface area contributed by atoms with Gasteiger partial charge in [-0.3, -0.25) is 4.79 Å². The van der Waals surface area contributed by atoms with Gasteiger partial charge < -0.3 is 29.8 Å². The molecule has 1 aromatic heterocycles. The van der Waals surface area contributed by atoms with Crippen molar-refractivity contribution >= 4 is 22.9 Å². The first kappa shape index (κ1) is 33.6. The van der Waals surface area contributed by atoms with Crippen LogP contribution in [0.4, 0.5) is 4.79 Å². The molecule has 40 heavy (non-hydrogen) atoms. The molecule has 3 atom stereocenters. The van der Waals surface area contributed by atoms with E-state index < -0.39 is 29.3 Å². The molecule has 226 valence electrons. The van der Waals surface area contributed by atoms with E-state index in [0.717, 1.165) is 25.9 Å². The Morgan fingerprint density at radius 2 is 1.77 bits per heavy atom. The maximum Gasteiger partial charge on any atom is 0.407 e. The molecular weight excluding hydrogens is 506 g/mol. The van der Waals surface area contributed by atoms with Gasteiger partial charge in [-0.15, -0.1) is 0 Å². The highest BCUT2D eigenvalue weighted by Crippen LogP contribution is 2.28. The van der Waals surface area contributed by atoms with Crippen molar-refractivity contribution in [1.82, 2.24) is 15.2 Å². The van der Waals surface area contributed by atoms with Crippen molar-refractivity contribution in [2.75, 3.05) is 20.3 Å². The Bertz CT molecular complexity index is 1110. The molecule has 0 spiro atoms. The average Bonchev–Trinajstić information content (AvgIpc) is 3.14. The van der Waals surface area contributed by atoms with E-state index in [0.29, 0.717) is 12.3 Å². The number of aliphatic hydroxyl groups is 1. The average molecular weight is 560 g/mol. The van der Waals surface area contributed by atoms with Crippen molar-refractivity contribution in [1.29, 1.82) is 0 Å². The molecule has 0 aliphatic carbocycles. The van der Waals surface area contributed by atoms with E-state index in [9.17, 15) is 14.7 Å². The normalized spacial score (nSPS) is 14.7. The summed E-state index contributed by atoms with van der Waals surface area (Å²) in [5.41, 5.74) is 2.49. The van der Waals surface area contributed by atoms with E-state index in [1.165, 1.54) is 22.0 Å². The fraction of sp³-hybridized carbons (Fsp3) is 0.688. The summed E-state index contributed by atoms with van der Waals surface area (Å²) in [6.07, 6.45) is 3.92. The largest absolute Gasteiger partial charge is 0.444 e. The number of benzene rings is 1. The van der Waals surface area contributed by atoms with Gasteiger partial charge in [0, 0.05) is 49.8 Å². The number of hydrogen-bond acceptors (Lipinski definition) is 5. The molecule has 3 N–H and O–H groups in total. The van der Waals surface area contributed by atoms with Gasteiger partial charge in [-0.2, -0.15) is 0 Å². The van der Waals surface area contributed by atoms with Gasteiger partial charge in [0.1, 0.15) is 5.60 Å². The summed E-state index contributed by atoms with van der Waals surface area (Å²) in [5.74, 6) is 0.318. The molecular formula is C32H53N3O5. The highest BCUT2D eigenvalue weighted by Gasteiger charge is 2.30. The maximum atomic E-state index is 12.7. The number of fused-ring (bicyclic) bond motifs is 1. The van der Waals surface area contributed by atoms with Crippen LogP contribution in [-0.4, -0.2) is 59.7 Å². The number of aliphatic hydroxyl groups excluding tert-OH is 1. The third kappa shape index (κ3) is 10.4. The van der Waals surface area contributed by atoms with E-state index in [2.05, 4.69) is 60.5 Å². The minimum atomic E-state index is -0.968. The third-order valence-corrected chi connectivity index (χ3v) is 7.25. The van der Waals surface area contributed by atoms with Crippen LogP contribution in [0.5, 0.6) is 0 Å². The first-order valence-corrected chi connectivity index (χ1v) is 14.5. The Hall–Kier alpha value is -2.58. The summed E-state index contributed by atoms with van der Waals surface area (Å²) in [7, 11) is 3.80. The number of methoxy groups -OCH3 is 1. The lowest BCUT2D eigenvalue weighted by molar-refractivity contribution is -0.129. The number of carbonyl (C=O) groups is 2. The smallest absolute Gasteiger partial charge is 0.407 e. The molecule has 0 radical (unpaired) electrons. The Balaban J connectivity index is 2.27. The third-order valence-electron chi connectivity index (χ3n) is 7.25. The molecule has 2 aromatic rings. The van der Waals surface area contributed by atoms with Crippen molar-refractivity contribution in [3.63, 3.8) is 0 Å². The van der Waals surface area contributed by atoms with Crippen molar-refractivity contribution in [3.05, 3.63) is 35.5 Å². The number of nitrogens with one attached hydrogen (secondary N) is 2. The van der Waals surface area contributed by atoms with Gasteiger partial charge in [0.2, 0.25) is 5.91 Å². The van der Waals surface area contributed by atoms with Crippen LogP contribution in [0.2, 0.25) is 0 Å². The van der Waals surface area contributed by atoms with Crippen LogP contribution in [0.3, 0.4) is 0 Å². The molecule has 0 saturated heterocycles. The first-order chi connectivity index (χ1) is 18.5. The molecule has 1 heterocycles. The molecule has 0 saturated carbocycles. The second kappa shape index (κ2) is 14.4. The zero-order valence-electron chi connectivity index (χ0n) is 26.4. The molecule has 2 amide bonds. The first-order valence-electron chi connectivity index (χ1n) is 14.5.